The number of benzene rings is 1. The van der Waals surface area contributed by atoms with Crippen molar-refractivity contribution in [2.45, 2.75) is 51.7 Å². The molecule has 1 aliphatic heterocycles. The minimum absolute atomic E-state index is 0.0330. The summed E-state index contributed by atoms with van der Waals surface area (Å²) in [7, 11) is 0. The molecule has 1 unspecified atom stereocenters. The molecule has 1 aromatic carbocycles. The minimum Gasteiger partial charge on any atom is -0.311 e. The Morgan fingerprint density at radius 1 is 1.30 bits per heavy atom. The van der Waals surface area contributed by atoms with Gasteiger partial charge < -0.3 is 5.32 Å². The van der Waals surface area contributed by atoms with E-state index in [0.717, 1.165) is 25.9 Å². The lowest BCUT2D eigenvalue weighted by atomic mass is 9.87. The molecule has 0 bridgehead atoms. The van der Waals surface area contributed by atoms with Crippen LogP contribution in [0, 0.1) is 11.6 Å². The monoisotopic (exact) mass is 282 g/mol. The largest absolute Gasteiger partial charge is 0.311 e. The van der Waals surface area contributed by atoms with Gasteiger partial charge in [-0.05, 0) is 25.8 Å². The molecule has 4 heteroatoms. The molecule has 0 saturated carbocycles. The van der Waals surface area contributed by atoms with Gasteiger partial charge in [-0.25, -0.2) is 8.78 Å². The van der Waals surface area contributed by atoms with Gasteiger partial charge in [0.05, 0.1) is 0 Å². The lowest BCUT2D eigenvalue weighted by molar-refractivity contribution is 0.0269. The molecule has 0 aliphatic carbocycles. The highest BCUT2D eigenvalue weighted by Gasteiger charge is 2.37. The Kier molecular flexibility index (Phi) is 4.76. The number of piperazine rings is 1. The van der Waals surface area contributed by atoms with Gasteiger partial charge in [-0.2, -0.15) is 0 Å². The van der Waals surface area contributed by atoms with Crippen LogP contribution in [-0.2, 0) is 6.54 Å². The maximum Gasteiger partial charge on any atom is 0.163 e. The normalized spacial score (nSPS) is 22.9. The number of nitrogens with one attached hydrogen (secondary N) is 1. The second-order valence-electron chi connectivity index (χ2n) is 5.81. The first kappa shape index (κ1) is 15.4. The van der Waals surface area contributed by atoms with Crippen LogP contribution in [0.4, 0.5) is 8.78 Å². The predicted molar refractivity (Wildman–Crippen MR) is 77.5 cm³/mol. The summed E-state index contributed by atoms with van der Waals surface area (Å²) in [6, 6.07) is 4.81. The van der Waals surface area contributed by atoms with Gasteiger partial charge in [0.25, 0.3) is 0 Å². The van der Waals surface area contributed by atoms with Crippen LogP contribution in [-0.4, -0.2) is 29.6 Å². The van der Waals surface area contributed by atoms with Gasteiger partial charge in [0, 0.05) is 36.8 Å². The lowest BCUT2D eigenvalue weighted by Crippen LogP contribution is -2.63. The second-order valence-corrected chi connectivity index (χ2v) is 5.81. The quantitative estimate of drug-likeness (QED) is 0.911. The molecule has 1 N–H and O–H groups in total. The number of hydrogen-bond acceptors (Lipinski definition) is 2. The van der Waals surface area contributed by atoms with E-state index in [2.05, 4.69) is 31.0 Å². The maximum absolute atomic E-state index is 13.9. The molecule has 0 spiro atoms. The van der Waals surface area contributed by atoms with E-state index in [1.165, 1.54) is 6.07 Å². The van der Waals surface area contributed by atoms with E-state index in [9.17, 15) is 8.78 Å². The zero-order valence-electron chi connectivity index (χ0n) is 12.5. The van der Waals surface area contributed by atoms with Gasteiger partial charge in [0.2, 0.25) is 0 Å². The van der Waals surface area contributed by atoms with Crippen molar-refractivity contribution in [3.05, 3.63) is 35.4 Å². The molecule has 20 heavy (non-hydrogen) atoms. The first-order valence-electron chi connectivity index (χ1n) is 7.43. The summed E-state index contributed by atoms with van der Waals surface area (Å²) in [5, 5.41) is 3.51. The summed E-state index contributed by atoms with van der Waals surface area (Å²) < 4.78 is 27.3. The zero-order chi connectivity index (χ0) is 14.8. The Balaban J connectivity index is 2.25. The first-order valence-corrected chi connectivity index (χ1v) is 7.43. The summed E-state index contributed by atoms with van der Waals surface area (Å²) in [6.07, 6.45) is 2.00. The molecule has 2 rings (SSSR count). The Bertz CT molecular complexity index is 458. The summed E-state index contributed by atoms with van der Waals surface area (Å²) in [5.41, 5.74) is 0.482. The average Bonchev–Trinajstić information content (AvgIpc) is 2.45. The Hall–Kier alpha value is -1.00. The third-order valence-electron chi connectivity index (χ3n) is 4.65. The molecule has 1 saturated heterocycles. The number of halogens is 2. The van der Waals surface area contributed by atoms with Gasteiger partial charge in [-0.1, -0.05) is 26.0 Å². The lowest BCUT2D eigenvalue weighted by Gasteiger charge is -2.49. The standard InChI is InChI=1S/C16H24F2N2/c1-4-16(5-2)11-19-12(3)9-20(16)10-13-7-6-8-14(17)15(13)18/h6-8,12,19H,4-5,9-11H2,1-3H3. The minimum atomic E-state index is -0.760. The van der Waals surface area contributed by atoms with Crippen molar-refractivity contribution in [2.75, 3.05) is 13.1 Å². The molecule has 0 amide bonds. The van der Waals surface area contributed by atoms with Crippen LogP contribution in [0.5, 0.6) is 0 Å². The summed E-state index contributed by atoms with van der Waals surface area (Å²) in [4.78, 5) is 2.31. The van der Waals surface area contributed by atoms with Gasteiger partial charge in [0.1, 0.15) is 0 Å². The molecule has 2 nitrogen and oxygen atoms in total. The van der Waals surface area contributed by atoms with Crippen molar-refractivity contribution in [2.24, 2.45) is 0 Å². The van der Waals surface area contributed by atoms with E-state index in [1.54, 1.807) is 12.1 Å². The second kappa shape index (κ2) is 6.19. The Labute approximate surface area is 120 Å². The van der Waals surface area contributed by atoms with E-state index in [1.807, 2.05) is 0 Å². The van der Waals surface area contributed by atoms with Crippen LogP contribution in [0.3, 0.4) is 0 Å². The van der Waals surface area contributed by atoms with Crippen LogP contribution in [0.25, 0.3) is 0 Å². The molecule has 1 aliphatic rings. The van der Waals surface area contributed by atoms with Crippen molar-refractivity contribution in [3.63, 3.8) is 0 Å². The van der Waals surface area contributed by atoms with E-state index in [4.69, 9.17) is 0 Å². The van der Waals surface area contributed by atoms with Crippen LogP contribution in [0.1, 0.15) is 39.2 Å². The Morgan fingerprint density at radius 2 is 2.00 bits per heavy atom. The van der Waals surface area contributed by atoms with Crippen molar-refractivity contribution in [1.82, 2.24) is 10.2 Å². The molecule has 0 aromatic heterocycles. The van der Waals surface area contributed by atoms with E-state index in [-0.39, 0.29) is 5.54 Å². The van der Waals surface area contributed by atoms with E-state index in [0.29, 0.717) is 18.2 Å². The van der Waals surface area contributed by atoms with E-state index >= 15 is 0 Å². The highest BCUT2D eigenvalue weighted by Crippen LogP contribution is 2.29. The predicted octanol–water partition coefficient (Wildman–Crippen LogP) is 3.32. The average molecular weight is 282 g/mol. The molecule has 112 valence electrons. The van der Waals surface area contributed by atoms with Crippen molar-refractivity contribution in [1.29, 1.82) is 0 Å². The third-order valence-corrected chi connectivity index (χ3v) is 4.65. The number of nitrogens with zero attached hydrogens (tertiary/aromatic N) is 1. The molecule has 1 aromatic rings. The first-order chi connectivity index (χ1) is 9.52. The highest BCUT2D eigenvalue weighted by molar-refractivity contribution is 5.19. The molecule has 1 fully saturated rings. The molecular formula is C16H24F2N2. The topological polar surface area (TPSA) is 15.3 Å². The third kappa shape index (κ3) is 2.86. The fourth-order valence-electron chi connectivity index (χ4n) is 3.12. The summed E-state index contributed by atoms with van der Waals surface area (Å²) in [6.45, 7) is 8.68. The van der Waals surface area contributed by atoms with Crippen molar-refractivity contribution >= 4 is 0 Å². The van der Waals surface area contributed by atoms with Gasteiger partial charge in [-0.3, -0.25) is 4.90 Å². The molecule has 0 radical (unpaired) electrons. The number of hydrogen-bond donors (Lipinski definition) is 1. The van der Waals surface area contributed by atoms with E-state index < -0.39 is 11.6 Å². The van der Waals surface area contributed by atoms with Crippen LogP contribution < -0.4 is 5.32 Å². The number of rotatable bonds is 4. The summed E-state index contributed by atoms with van der Waals surface area (Å²) >= 11 is 0. The van der Waals surface area contributed by atoms with Crippen molar-refractivity contribution in [3.8, 4) is 0 Å². The Morgan fingerprint density at radius 3 is 2.65 bits per heavy atom. The molecular weight excluding hydrogens is 258 g/mol. The van der Waals surface area contributed by atoms with Crippen molar-refractivity contribution < 1.29 is 8.78 Å². The molecule has 1 atom stereocenters. The SMILES string of the molecule is CCC1(CC)CNC(C)CN1Cc1cccc(F)c1F. The van der Waals surface area contributed by atoms with Gasteiger partial charge in [0.15, 0.2) is 11.6 Å². The smallest absolute Gasteiger partial charge is 0.163 e. The van der Waals surface area contributed by atoms with Gasteiger partial charge >= 0.3 is 0 Å². The zero-order valence-corrected chi connectivity index (χ0v) is 12.5. The highest BCUT2D eigenvalue weighted by atomic mass is 19.2. The fraction of sp³-hybridized carbons (Fsp3) is 0.625. The summed E-state index contributed by atoms with van der Waals surface area (Å²) in [5.74, 6) is -1.47. The van der Waals surface area contributed by atoms with Gasteiger partial charge in [-0.15, -0.1) is 0 Å². The van der Waals surface area contributed by atoms with Crippen LogP contribution in [0.15, 0.2) is 18.2 Å². The molecule has 1 heterocycles. The van der Waals surface area contributed by atoms with Crippen LogP contribution >= 0.6 is 0 Å². The maximum atomic E-state index is 13.9. The van der Waals surface area contributed by atoms with Crippen LogP contribution in [0.2, 0.25) is 0 Å². The fourth-order valence-corrected chi connectivity index (χ4v) is 3.12.